The van der Waals surface area contributed by atoms with Crippen molar-refractivity contribution in [3.8, 4) is 5.75 Å². The van der Waals surface area contributed by atoms with Crippen LogP contribution in [0.15, 0.2) is 36.8 Å². The highest BCUT2D eigenvalue weighted by Crippen LogP contribution is 2.24. The molecule has 0 unspecified atom stereocenters. The maximum absolute atomic E-state index is 13.1. The summed E-state index contributed by atoms with van der Waals surface area (Å²) >= 11 is 0. The number of aliphatic hydroxyl groups is 1. The van der Waals surface area contributed by atoms with Crippen molar-refractivity contribution in [2.24, 2.45) is 7.05 Å². The summed E-state index contributed by atoms with van der Waals surface area (Å²) in [6.45, 7) is 2.19. The summed E-state index contributed by atoms with van der Waals surface area (Å²) in [5, 5.41) is 10.6. The minimum Gasteiger partial charge on any atom is -0.490 e. The number of benzene rings is 1. The van der Waals surface area contributed by atoms with E-state index in [0.717, 1.165) is 12.2 Å². The molecular weight excluding hydrogens is 285 g/mol. The zero-order chi connectivity index (χ0) is 15.6. The molecule has 1 aliphatic rings. The molecule has 1 atom stereocenters. The standard InChI is InChI=1S/C16H20FN3O2/c1-19-8-14(18-12-19)9-20-6-5-16(21,10-20)11-22-15-4-2-3-13(17)7-15/h2-4,7-8,12,21H,5-6,9-11H2,1H3/t16-/m0/s1. The van der Waals surface area contributed by atoms with E-state index in [4.69, 9.17) is 4.74 Å². The minimum absolute atomic E-state index is 0.162. The second-order valence-corrected chi connectivity index (χ2v) is 5.96. The highest BCUT2D eigenvalue weighted by molar-refractivity contribution is 5.22. The SMILES string of the molecule is Cn1cnc(CN2CC[C@@](O)(COc3cccc(F)c3)C2)c1. The molecule has 0 spiro atoms. The average Bonchev–Trinajstić information content (AvgIpc) is 3.04. The van der Waals surface area contributed by atoms with Gasteiger partial charge in [-0.05, 0) is 18.6 Å². The number of halogens is 1. The average molecular weight is 305 g/mol. The molecule has 1 aliphatic heterocycles. The Morgan fingerprint density at radius 1 is 1.45 bits per heavy atom. The second kappa shape index (κ2) is 6.06. The number of aromatic nitrogens is 2. The highest BCUT2D eigenvalue weighted by atomic mass is 19.1. The van der Waals surface area contributed by atoms with Crippen molar-refractivity contribution in [3.05, 3.63) is 48.3 Å². The lowest BCUT2D eigenvalue weighted by Crippen LogP contribution is -2.39. The monoisotopic (exact) mass is 305 g/mol. The smallest absolute Gasteiger partial charge is 0.126 e. The summed E-state index contributed by atoms with van der Waals surface area (Å²) in [5.41, 5.74) is 0.0824. The van der Waals surface area contributed by atoms with Crippen LogP contribution in [0.3, 0.4) is 0 Å². The number of imidazole rings is 1. The Balaban J connectivity index is 1.54. The molecular formula is C16H20FN3O2. The van der Waals surface area contributed by atoms with Crippen LogP contribution in [0.25, 0.3) is 0 Å². The Bertz CT molecular complexity index is 646. The van der Waals surface area contributed by atoms with E-state index in [1.165, 1.54) is 12.1 Å². The van der Waals surface area contributed by atoms with Crippen LogP contribution in [0.5, 0.6) is 5.75 Å². The van der Waals surface area contributed by atoms with Crippen LogP contribution in [0.2, 0.25) is 0 Å². The van der Waals surface area contributed by atoms with Gasteiger partial charge in [-0.15, -0.1) is 0 Å². The lowest BCUT2D eigenvalue weighted by molar-refractivity contribution is 0.00322. The molecule has 1 saturated heterocycles. The third-order valence-electron chi connectivity index (χ3n) is 3.86. The fourth-order valence-corrected chi connectivity index (χ4v) is 2.75. The van der Waals surface area contributed by atoms with Gasteiger partial charge in [0.15, 0.2) is 0 Å². The fourth-order valence-electron chi connectivity index (χ4n) is 2.75. The first-order chi connectivity index (χ1) is 10.5. The number of hydrogen-bond donors (Lipinski definition) is 1. The fraction of sp³-hybridized carbons (Fsp3) is 0.438. The van der Waals surface area contributed by atoms with E-state index in [1.54, 1.807) is 18.5 Å². The molecule has 3 rings (SSSR count). The van der Waals surface area contributed by atoms with Gasteiger partial charge in [0.25, 0.3) is 0 Å². The van der Waals surface area contributed by atoms with E-state index in [2.05, 4.69) is 9.88 Å². The van der Waals surface area contributed by atoms with Crippen LogP contribution >= 0.6 is 0 Å². The highest BCUT2D eigenvalue weighted by Gasteiger charge is 2.37. The molecule has 0 saturated carbocycles. The van der Waals surface area contributed by atoms with E-state index >= 15 is 0 Å². The number of β-amino-alcohol motifs (C(OH)–C–C–N with tert-alkyl or cyclic N) is 1. The summed E-state index contributed by atoms with van der Waals surface area (Å²) in [6, 6.07) is 5.97. The van der Waals surface area contributed by atoms with E-state index < -0.39 is 5.60 Å². The van der Waals surface area contributed by atoms with Crippen molar-refractivity contribution < 1.29 is 14.2 Å². The summed E-state index contributed by atoms with van der Waals surface area (Å²) < 4.78 is 20.6. The molecule has 6 heteroatoms. The first kappa shape index (κ1) is 15.0. The molecule has 2 heterocycles. The number of aryl methyl sites for hydroxylation is 1. The van der Waals surface area contributed by atoms with Gasteiger partial charge < -0.3 is 14.4 Å². The van der Waals surface area contributed by atoms with Gasteiger partial charge in [0.2, 0.25) is 0 Å². The number of rotatable bonds is 5. The maximum Gasteiger partial charge on any atom is 0.126 e. The molecule has 1 aromatic carbocycles. The van der Waals surface area contributed by atoms with Crippen molar-refractivity contribution in [1.29, 1.82) is 0 Å². The summed E-state index contributed by atoms with van der Waals surface area (Å²) in [6.07, 6.45) is 4.38. The molecule has 118 valence electrons. The zero-order valence-corrected chi connectivity index (χ0v) is 12.6. The Hall–Kier alpha value is -1.92. The van der Waals surface area contributed by atoms with Gasteiger partial charge in [-0.3, -0.25) is 4.90 Å². The molecule has 2 aromatic rings. The van der Waals surface area contributed by atoms with Gasteiger partial charge in [0.1, 0.15) is 23.8 Å². The minimum atomic E-state index is -0.902. The third kappa shape index (κ3) is 3.64. The number of likely N-dealkylation sites (tertiary alicyclic amines) is 1. The van der Waals surface area contributed by atoms with Crippen molar-refractivity contribution in [3.63, 3.8) is 0 Å². The molecule has 0 radical (unpaired) electrons. The molecule has 0 aliphatic carbocycles. The van der Waals surface area contributed by atoms with Crippen molar-refractivity contribution in [1.82, 2.24) is 14.5 Å². The van der Waals surface area contributed by atoms with Crippen LogP contribution in [-0.2, 0) is 13.6 Å². The van der Waals surface area contributed by atoms with Crippen molar-refractivity contribution >= 4 is 0 Å². The molecule has 1 aromatic heterocycles. The van der Waals surface area contributed by atoms with Crippen LogP contribution in [0, 0.1) is 5.82 Å². The summed E-state index contributed by atoms with van der Waals surface area (Å²) in [4.78, 5) is 6.45. The summed E-state index contributed by atoms with van der Waals surface area (Å²) in [5.74, 6) is 0.101. The molecule has 5 nitrogen and oxygen atoms in total. The Labute approximate surface area is 129 Å². The third-order valence-corrected chi connectivity index (χ3v) is 3.86. The lowest BCUT2D eigenvalue weighted by Gasteiger charge is -2.23. The normalized spacial score (nSPS) is 22.1. The van der Waals surface area contributed by atoms with Crippen molar-refractivity contribution in [2.75, 3.05) is 19.7 Å². The van der Waals surface area contributed by atoms with E-state index in [0.29, 0.717) is 25.3 Å². The van der Waals surface area contributed by atoms with Gasteiger partial charge in [0.05, 0.1) is 12.0 Å². The molecule has 1 fully saturated rings. The first-order valence-corrected chi connectivity index (χ1v) is 7.32. The zero-order valence-electron chi connectivity index (χ0n) is 12.6. The largest absolute Gasteiger partial charge is 0.490 e. The van der Waals surface area contributed by atoms with E-state index in [-0.39, 0.29) is 12.4 Å². The molecule has 1 N–H and O–H groups in total. The van der Waals surface area contributed by atoms with Gasteiger partial charge in [-0.25, -0.2) is 9.37 Å². The van der Waals surface area contributed by atoms with Crippen LogP contribution in [-0.4, -0.2) is 44.9 Å². The Morgan fingerprint density at radius 3 is 3.05 bits per heavy atom. The van der Waals surface area contributed by atoms with E-state index in [1.807, 2.05) is 17.8 Å². The second-order valence-electron chi connectivity index (χ2n) is 5.96. The van der Waals surface area contributed by atoms with Gasteiger partial charge in [0, 0.05) is 38.9 Å². The lowest BCUT2D eigenvalue weighted by atomic mass is 10.1. The predicted molar refractivity (Wildman–Crippen MR) is 79.9 cm³/mol. The van der Waals surface area contributed by atoms with Crippen LogP contribution in [0.4, 0.5) is 4.39 Å². The summed E-state index contributed by atoms with van der Waals surface area (Å²) in [7, 11) is 1.93. The van der Waals surface area contributed by atoms with Crippen molar-refractivity contribution in [2.45, 2.75) is 18.6 Å². The topological polar surface area (TPSA) is 50.5 Å². The number of nitrogens with zero attached hydrogens (tertiary/aromatic N) is 3. The van der Waals surface area contributed by atoms with E-state index in [9.17, 15) is 9.50 Å². The van der Waals surface area contributed by atoms with Crippen LogP contribution < -0.4 is 4.74 Å². The van der Waals surface area contributed by atoms with Gasteiger partial charge in [-0.2, -0.15) is 0 Å². The molecule has 0 bridgehead atoms. The predicted octanol–water partition coefficient (Wildman–Crippen LogP) is 1.57. The Kier molecular flexibility index (Phi) is 4.13. The number of hydrogen-bond acceptors (Lipinski definition) is 4. The van der Waals surface area contributed by atoms with Crippen LogP contribution in [0.1, 0.15) is 12.1 Å². The quantitative estimate of drug-likeness (QED) is 0.911. The molecule has 22 heavy (non-hydrogen) atoms. The molecule has 0 amide bonds. The van der Waals surface area contributed by atoms with Gasteiger partial charge in [-0.1, -0.05) is 6.07 Å². The Morgan fingerprint density at radius 2 is 2.32 bits per heavy atom. The van der Waals surface area contributed by atoms with Gasteiger partial charge >= 0.3 is 0 Å². The first-order valence-electron chi connectivity index (χ1n) is 7.32. The maximum atomic E-state index is 13.1. The number of ether oxygens (including phenoxy) is 1.